The molecule has 0 saturated carbocycles. The van der Waals surface area contributed by atoms with Gasteiger partial charge in [0.25, 0.3) is 0 Å². The van der Waals surface area contributed by atoms with Crippen LogP contribution in [0.15, 0.2) is 11.1 Å². The predicted octanol–water partition coefficient (Wildman–Crippen LogP) is 1.97. The highest BCUT2D eigenvalue weighted by Gasteiger charge is 2.38. The Hall–Kier alpha value is -2.34. The number of halogens is 1. The average Bonchev–Trinajstić information content (AvgIpc) is 3.22. The molecule has 1 N–H and O–H groups in total. The summed E-state index contributed by atoms with van der Waals surface area (Å²) in [6, 6.07) is 0. The first-order chi connectivity index (χ1) is 17.0. The Kier molecular flexibility index (Phi) is 9.26. The molecule has 1 aromatic rings. The van der Waals surface area contributed by atoms with Gasteiger partial charge in [-0.1, -0.05) is 24.6 Å². The molecule has 0 radical (unpaired) electrons. The number of allylic oxidation sites excluding steroid dienone is 2. The van der Waals surface area contributed by atoms with Crippen molar-refractivity contribution < 1.29 is 42.1 Å². The number of hydrogen-bond acceptors (Lipinski definition) is 10. The van der Waals surface area contributed by atoms with Crippen molar-refractivity contribution in [2.45, 2.75) is 32.1 Å². The zero-order valence-electron chi connectivity index (χ0n) is 20.8. The smallest absolute Gasteiger partial charge is 0.342 e. The molecule has 10 nitrogen and oxygen atoms in total. The number of esters is 2. The van der Waals surface area contributed by atoms with Crippen LogP contribution >= 0.6 is 11.6 Å². The summed E-state index contributed by atoms with van der Waals surface area (Å²) in [4.78, 5) is 26.9. The minimum Gasteiger partial charge on any atom is -0.507 e. The van der Waals surface area contributed by atoms with E-state index in [0.717, 1.165) is 6.26 Å². The molecule has 3 rings (SSSR count). The first-order valence-corrected chi connectivity index (χ1v) is 13.9. The van der Waals surface area contributed by atoms with Gasteiger partial charge in [-0.05, 0) is 18.9 Å². The Labute approximate surface area is 216 Å². The molecule has 2 aliphatic rings. The van der Waals surface area contributed by atoms with Crippen LogP contribution in [0.5, 0.6) is 11.5 Å². The number of benzene rings is 1. The Morgan fingerprint density at radius 2 is 1.97 bits per heavy atom. The Balaban J connectivity index is 1.77. The van der Waals surface area contributed by atoms with E-state index in [1.54, 1.807) is 6.92 Å². The van der Waals surface area contributed by atoms with Crippen LogP contribution in [0.1, 0.15) is 34.0 Å². The highest BCUT2D eigenvalue weighted by atomic mass is 35.5. The van der Waals surface area contributed by atoms with E-state index in [2.05, 4.69) is 4.90 Å². The van der Waals surface area contributed by atoms with Gasteiger partial charge in [0.2, 0.25) is 0 Å². The second-order valence-electron chi connectivity index (χ2n) is 8.87. The number of carbonyl (C=O) groups excluding carboxylic acids is 2. The van der Waals surface area contributed by atoms with E-state index in [0.29, 0.717) is 55.3 Å². The van der Waals surface area contributed by atoms with Gasteiger partial charge in [-0.2, -0.15) is 0 Å². The van der Waals surface area contributed by atoms with E-state index in [9.17, 15) is 23.1 Å². The first kappa shape index (κ1) is 28.2. The minimum absolute atomic E-state index is 0.0299. The Morgan fingerprint density at radius 3 is 2.58 bits per heavy atom. The second-order valence-corrected chi connectivity index (χ2v) is 11.5. The number of rotatable bonds is 10. The molecule has 0 aliphatic carbocycles. The number of morpholine rings is 1. The minimum atomic E-state index is -3.86. The molecular formula is C24H32ClNO9S. The third-order valence-corrected chi connectivity index (χ3v) is 8.51. The number of fused-ring (bicyclic) bond motifs is 1. The van der Waals surface area contributed by atoms with Crippen LogP contribution in [0.4, 0.5) is 0 Å². The molecule has 1 saturated heterocycles. The van der Waals surface area contributed by atoms with Crippen LogP contribution < -0.4 is 4.74 Å². The molecule has 0 bridgehead atoms. The van der Waals surface area contributed by atoms with Gasteiger partial charge in [-0.15, -0.1) is 0 Å². The van der Waals surface area contributed by atoms with Crippen molar-refractivity contribution >= 4 is 33.4 Å². The molecule has 12 heteroatoms. The van der Waals surface area contributed by atoms with Crippen LogP contribution in [-0.2, 0) is 41.9 Å². The number of phenolic OH excluding ortho intramolecular Hbond substituents is 1. The highest BCUT2D eigenvalue weighted by molar-refractivity contribution is 7.92. The molecule has 0 spiro atoms. The molecule has 1 aromatic carbocycles. The highest BCUT2D eigenvalue weighted by Crippen LogP contribution is 2.42. The lowest BCUT2D eigenvalue weighted by Crippen LogP contribution is -2.41. The summed E-state index contributed by atoms with van der Waals surface area (Å²) >= 11 is 6.47. The molecule has 2 atom stereocenters. The molecule has 2 heterocycles. The Morgan fingerprint density at radius 1 is 1.31 bits per heavy atom. The van der Waals surface area contributed by atoms with E-state index in [4.69, 9.17) is 30.5 Å². The van der Waals surface area contributed by atoms with E-state index in [-0.39, 0.29) is 36.0 Å². The second kappa shape index (κ2) is 11.8. The Bertz CT molecular complexity index is 1140. The summed E-state index contributed by atoms with van der Waals surface area (Å²) in [6.07, 6.45) is 2.49. The normalized spacial score (nSPS) is 18.4. The number of aromatic hydroxyl groups is 1. The molecule has 1 fully saturated rings. The van der Waals surface area contributed by atoms with Gasteiger partial charge in [0.1, 0.15) is 30.3 Å². The lowest BCUT2D eigenvalue weighted by Gasteiger charge is -2.27. The van der Waals surface area contributed by atoms with Crippen LogP contribution in [0.2, 0.25) is 0 Å². The van der Waals surface area contributed by atoms with Gasteiger partial charge < -0.3 is 24.1 Å². The summed E-state index contributed by atoms with van der Waals surface area (Å²) in [5.41, 5.74) is 1.60. The maximum absolute atomic E-state index is 12.8. The average molecular weight is 546 g/mol. The van der Waals surface area contributed by atoms with E-state index < -0.39 is 32.9 Å². The molecular weight excluding hydrogens is 514 g/mol. The summed E-state index contributed by atoms with van der Waals surface area (Å²) < 4.78 is 46.1. The summed E-state index contributed by atoms with van der Waals surface area (Å²) in [6.45, 7) is 6.48. The molecule has 200 valence electrons. The van der Waals surface area contributed by atoms with Gasteiger partial charge in [0.15, 0.2) is 15.1 Å². The van der Waals surface area contributed by atoms with Crippen LogP contribution in [0.25, 0.3) is 0 Å². The quantitative estimate of drug-likeness (QED) is 0.436. The SMILES string of the molecule is COc1c(C)c2c(c(O)c1C/C=C(/Cl)C(C)C(C(=O)OCCN1CCOCC1)S(C)(=O)=O)C(=O)OC2. The lowest BCUT2D eigenvalue weighted by molar-refractivity contribution is -0.144. The monoisotopic (exact) mass is 545 g/mol. The number of phenols is 1. The van der Waals surface area contributed by atoms with Crippen LogP contribution in [0.3, 0.4) is 0 Å². The van der Waals surface area contributed by atoms with Crippen molar-refractivity contribution in [3.05, 3.63) is 33.4 Å². The molecule has 2 aliphatic heterocycles. The summed E-state index contributed by atoms with van der Waals surface area (Å²) in [5, 5.41) is 9.36. The predicted molar refractivity (Wildman–Crippen MR) is 132 cm³/mol. The number of ether oxygens (including phenoxy) is 4. The van der Waals surface area contributed by atoms with E-state index in [1.807, 2.05) is 0 Å². The standard InChI is InChI=1S/C24H32ClNO9S/c1-14-17-13-35-23(28)19(17)20(27)16(21(14)32-3)5-6-18(25)15(2)22(36(4,30)31)24(29)34-12-9-26-7-10-33-11-8-26/h6,15,22,27H,5,7-13H2,1-4H3/b18-6+. The fourth-order valence-corrected chi connectivity index (χ4v) is 6.07. The van der Waals surface area contributed by atoms with Crippen molar-refractivity contribution in [2.75, 3.05) is 52.8 Å². The topological polar surface area (TPSA) is 129 Å². The fourth-order valence-electron chi connectivity index (χ4n) is 4.49. The van der Waals surface area contributed by atoms with Crippen molar-refractivity contribution in [3.8, 4) is 11.5 Å². The van der Waals surface area contributed by atoms with Crippen molar-refractivity contribution in [2.24, 2.45) is 5.92 Å². The first-order valence-electron chi connectivity index (χ1n) is 11.6. The van der Waals surface area contributed by atoms with E-state index >= 15 is 0 Å². The van der Waals surface area contributed by atoms with Crippen molar-refractivity contribution in [3.63, 3.8) is 0 Å². The number of hydrogen-bond donors (Lipinski definition) is 1. The largest absolute Gasteiger partial charge is 0.507 e. The van der Waals surface area contributed by atoms with Crippen LogP contribution in [0, 0.1) is 12.8 Å². The van der Waals surface area contributed by atoms with Gasteiger partial charge in [-0.3, -0.25) is 9.69 Å². The van der Waals surface area contributed by atoms with Gasteiger partial charge in [-0.25, -0.2) is 13.2 Å². The van der Waals surface area contributed by atoms with Crippen LogP contribution in [-0.4, -0.2) is 88.4 Å². The number of nitrogens with zero attached hydrogens (tertiary/aromatic N) is 1. The van der Waals surface area contributed by atoms with Crippen molar-refractivity contribution in [1.29, 1.82) is 0 Å². The zero-order chi connectivity index (χ0) is 26.6. The fraction of sp³-hybridized carbons (Fsp3) is 0.583. The van der Waals surface area contributed by atoms with E-state index in [1.165, 1.54) is 20.1 Å². The lowest BCUT2D eigenvalue weighted by atomic mass is 9.95. The van der Waals surface area contributed by atoms with Gasteiger partial charge >= 0.3 is 11.9 Å². The maximum Gasteiger partial charge on any atom is 0.342 e. The third kappa shape index (κ3) is 6.13. The molecule has 36 heavy (non-hydrogen) atoms. The zero-order valence-corrected chi connectivity index (χ0v) is 22.4. The summed E-state index contributed by atoms with van der Waals surface area (Å²) in [5.74, 6) is -2.31. The molecule has 2 unspecified atom stereocenters. The number of sulfone groups is 1. The van der Waals surface area contributed by atoms with Gasteiger partial charge in [0, 0.05) is 48.0 Å². The number of methoxy groups -OCH3 is 1. The van der Waals surface area contributed by atoms with Gasteiger partial charge in [0.05, 0.1) is 20.3 Å². The third-order valence-electron chi connectivity index (χ3n) is 6.49. The molecule has 0 amide bonds. The molecule has 0 aromatic heterocycles. The number of cyclic esters (lactones) is 1. The number of carbonyl (C=O) groups is 2. The maximum atomic E-state index is 12.8. The van der Waals surface area contributed by atoms with Crippen molar-refractivity contribution in [1.82, 2.24) is 4.90 Å². The summed E-state index contributed by atoms with van der Waals surface area (Å²) in [7, 11) is -2.42.